The van der Waals surface area contributed by atoms with Crippen molar-refractivity contribution in [1.29, 1.82) is 0 Å². The summed E-state index contributed by atoms with van der Waals surface area (Å²) in [5, 5.41) is 6.50. The van der Waals surface area contributed by atoms with Gasteiger partial charge in [0.05, 0.1) is 18.3 Å². The SMILES string of the molecule is COc1ccc(Cl)cc1-n1nc(C)c2cnc(Cl)cc21. The maximum atomic E-state index is 6.08. The number of hydrogen-bond acceptors (Lipinski definition) is 3. The van der Waals surface area contributed by atoms with Gasteiger partial charge in [-0.15, -0.1) is 0 Å². The number of pyridine rings is 1. The fourth-order valence-electron chi connectivity index (χ4n) is 2.14. The van der Waals surface area contributed by atoms with Crippen LogP contribution in [0.5, 0.6) is 5.75 Å². The Morgan fingerprint density at radius 2 is 2.00 bits per heavy atom. The van der Waals surface area contributed by atoms with E-state index in [1.165, 1.54) is 0 Å². The van der Waals surface area contributed by atoms with E-state index in [0.29, 0.717) is 15.9 Å². The minimum Gasteiger partial charge on any atom is -0.494 e. The number of aromatic nitrogens is 3. The van der Waals surface area contributed by atoms with Crippen LogP contribution in [0.2, 0.25) is 10.2 Å². The summed E-state index contributed by atoms with van der Waals surface area (Å²) in [6.45, 7) is 1.92. The van der Waals surface area contributed by atoms with Gasteiger partial charge in [0.25, 0.3) is 0 Å². The van der Waals surface area contributed by atoms with E-state index in [1.807, 2.05) is 13.0 Å². The molecular formula is C14H11Cl2N3O. The van der Waals surface area contributed by atoms with E-state index in [2.05, 4.69) is 10.1 Å². The Bertz CT molecular complexity index is 798. The molecule has 0 aliphatic heterocycles. The molecule has 6 heteroatoms. The third kappa shape index (κ3) is 2.11. The number of hydrogen-bond donors (Lipinski definition) is 0. The molecule has 102 valence electrons. The van der Waals surface area contributed by atoms with Crippen LogP contribution in [0.4, 0.5) is 0 Å². The van der Waals surface area contributed by atoms with Crippen LogP contribution in [0.3, 0.4) is 0 Å². The lowest BCUT2D eigenvalue weighted by Crippen LogP contribution is -2.00. The van der Waals surface area contributed by atoms with Gasteiger partial charge in [0.15, 0.2) is 0 Å². The van der Waals surface area contributed by atoms with Crippen molar-refractivity contribution in [3.8, 4) is 11.4 Å². The Labute approximate surface area is 125 Å². The molecule has 0 bridgehead atoms. The lowest BCUT2D eigenvalue weighted by atomic mass is 10.2. The molecule has 0 fully saturated rings. The highest BCUT2D eigenvalue weighted by molar-refractivity contribution is 6.31. The highest BCUT2D eigenvalue weighted by Gasteiger charge is 2.14. The van der Waals surface area contributed by atoms with Crippen LogP contribution in [0.25, 0.3) is 16.6 Å². The van der Waals surface area contributed by atoms with Crippen LogP contribution >= 0.6 is 23.2 Å². The average molecular weight is 308 g/mol. The first-order valence-corrected chi connectivity index (χ1v) is 6.70. The Hall–Kier alpha value is -1.78. The predicted molar refractivity (Wildman–Crippen MR) is 80.2 cm³/mol. The smallest absolute Gasteiger partial charge is 0.144 e. The first-order valence-electron chi connectivity index (χ1n) is 5.95. The highest BCUT2D eigenvalue weighted by atomic mass is 35.5. The molecule has 20 heavy (non-hydrogen) atoms. The molecule has 0 saturated heterocycles. The molecule has 1 aromatic carbocycles. The number of fused-ring (bicyclic) bond motifs is 1. The third-order valence-electron chi connectivity index (χ3n) is 3.09. The van der Waals surface area contributed by atoms with Crippen molar-refractivity contribution in [3.05, 3.63) is 46.3 Å². The van der Waals surface area contributed by atoms with E-state index in [-0.39, 0.29) is 0 Å². The monoisotopic (exact) mass is 307 g/mol. The van der Waals surface area contributed by atoms with Crippen LogP contribution < -0.4 is 4.74 Å². The molecule has 3 rings (SSSR count). The molecule has 0 aliphatic rings. The van der Waals surface area contributed by atoms with E-state index >= 15 is 0 Å². The zero-order valence-corrected chi connectivity index (χ0v) is 12.4. The molecule has 0 N–H and O–H groups in total. The van der Waals surface area contributed by atoms with Crippen molar-refractivity contribution >= 4 is 34.1 Å². The summed E-state index contributed by atoms with van der Waals surface area (Å²) in [5.74, 6) is 0.687. The Kier molecular flexibility index (Phi) is 3.28. The number of rotatable bonds is 2. The van der Waals surface area contributed by atoms with Gasteiger partial charge in [-0.1, -0.05) is 23.2 Å². The molecule has 0 unspecified atom stereocenters. The van der Waals surface area contributed by atoms with Crippen molar-refractivity contribution in [2.45, 2.75) is 6.92 Å². The van der Waals surface area contributed by atoms with Crippen LogP contribution in [0.15, 0.2) is 30.5 Å². The number of halogens is 2. The average Bonchev–Trinajstić information content (AvgIpc) is 2.75. The summed E-state index contributed by atoms with van der Waals surface area (Å²) >= 11 is 12.1. The van der Waals surface area contributed by atoms with Crippen molar-refractivity contribution in [2.75, 3.05) is 7.11 Å². The van der Waals surface area contributed by atoms with Gasteiger partial charge >= 0.3 is 0 Å². The van der Waals surface area contributed by atoms with Gasteiger partial charge in [0.1, 0.15) is 16.6 Å². The molecule has 2 aromatic heterocycles. The Morgan fingerprint density at radius 3 is 2.75 bits per heavy atom. The van der Waals surface area contributed by atoms with E-state index < -0.39 is 0 Å². The van der Waals surface area contributed by atoms with E-state index in [4.69, 9.17) is 27.9 Å². The summed E-state index contributed by atoms with van der Waals surface area (Å²) in [7, 11) is 1.61. The maximum absolute atomic E-state index is 6.08. The lowest BCUT2D eigenvalue weighted by Gasteiger charge is -2.10. The Morgan fingerprint density at radius 1 is 1.20 bits per heavy atom. The number of aryl methyl sites for hydroxylation is 1. The standard InChI is InChI=1S/C14H11Cl2N3O/c1-8-10-7-17-14(16)6-11(10)19(18-8)12-5-9(15)3-4-13(12)20-2/h3-7H,1-2H3. The molecule has 0 spiro atoms. The predicted octanol–water partition coefficient (Wildman–Crippen LogP) is 4.04. The van der Waals surface area contributed by atoms with Crippen LogP contribution in [-0.4, -0.2) is 21.9 Å². The highest BCUT2D eigenvalue weighted by Crippen LogP contribution is 2.30. The van der Waals surface area contributed by atoms with Gasteiger partial charge in [-0.25, -0.2) is 9.67 Å². The topological polar surface area (TPSA) is 39.9 Å². The fraction of sp³-hybridized carbons (Fsp3) is 0.143. The van der Waals surface area contributed by atoms with Crippen molar-refractivity contribution in [2.24, 2.45) is 0 Å². The van der Waals surface area contributed by atoms with Gasteiger partial charge in [-0.05, 0) is 25.1 Å². The minimum absolute atomic E-state index is 0.416. The molecule has 2 heterocycles. The zero-order chi connectivity index (χ0) is 14.3. The molecule has 0 saturated carbocycles. The molecule has 0 radical (unpaired) electrons. The maximum Gasteiger partial charge on any atom is 0.144 e. The first kappa shape index (κ1) is 13.2. The van der Waals surface area contributed by atoms with Gasteiger partial charge < -0.3 is 4.74 Å². The molecule has 0 atom stereocenters. The number of methoxy groups -OCH3 is 1. The summed E-state index contributed by atoms with van der Waals surface area (Å²) in [4.78, 5) is 4.09. The number of ether oxygens (including phenoxy) is 1. The van der Waals surface area contributed by atoms with Gasteiger partial charge in [0, 0.05) is 22.7 Å². The van der Waals surface area contributed by atoms with Gasteiger partial charge in [-0.2, -0.15) is 5.10 Å². The van der Waals surface area contributed by atoms with E-state index in [0.717, 1.165) is 22.3 Å². The normalized spacial score (nSPS) is 11.0. The lowest BCUT2D eigenvalue weighted by molar-refractivity contribution is 0.412. The minimum atomic E-state index is 0.416. The second-order valence-electron chi connectivity index (χ2n) is 4.34. The number of nitrogens with zero attached hydrogens (tertiary/aromatic N) is 3. The van der Waals surface area contributed by atoms with Gasteiger partial charge in [-0.3, -0.25) is 0 Å². The van der Waals surface area contributed by atoms with E-state index in [9.17, 15) is 0 Å². The van der Waals surface area contributed by atoms with Crippen LogP contribution in [0.1, 0.15) is 5.69 Å². The summed E-state index contributed by atoms with van der Waals surface area (Å²) < 4.78 is 7.14. The van der Waals surface area contributed by atoms with Crippen LogP contribution in [0, 0.1) is 6.92 Å². The summed E-state index contributed by atoms with van der Waals surface area (Å²) in [6.07, 6.45) is 1.72. The van der Waals surface area contributed by atoms with Crippen molar-refractivity contribution in [3.63, 3.8) is 0 Å². The second-order valence-corrected chi connectivity index (χ2v) is 5.16. The zero-order valence-electron chi connectivity index (χ0n) is 10.9. The summed E-state index contributed by atoms with van der Waals surface area (Å²) in [6, 6.07) is 7.16. The second kappa shape index (κ2) is 4.96. The van der Waals surface area contributed by atoms with Gasteiger partial charge in [0.2, 0.25) is 0 Å². The largest absolute Gasteiger partial charge is 0.494 e. The van der Waals surface area contributed by atoms with Crippen molar-refractivity contribution < 1.29 is 4.74 Å². The van der Waals surface area contributed by atoms with Crippen LogP contribution in [-0.2, 0) is 0 Å². The van der Waals surface area contributed by atoms with E-state index in [1.54, 1.807) is 36.2 Å². The van der Waals surface area contributed by atoms with Crippen molar-refractivity contribution in [1.82, 2.24) is 14.8 Å². The fourth-order valence-corrected chi connectivity index (χ4v) is 2.46. The molecular weight excluding hydrogens is 297 g/mol. The Balaban J connectivity index is 2.35. The first-order chi connectivity index (χ1) is 9.60. The third-order valence-corrected chi connectivity index (χ3v) is 3.53. The molecule has 0 amide bonds. The quantitative estimate of drug-likeness (QED) is 0.671. The summed E-state index contributed by atoms with van der Waals surface area (Å²) in [5.41, 5.74) is 2.50. The molecule has 4 nitrogen and oxygen atoms in total. The number of benzene rings is 1. The molecule has 0 aliphatic carbocycles. The molecule has 3 aromatic rings.